The van der Waals surface area contributed by atoms with Gasteiger partial charge in [0.15, 0.2) is 0 Å². The Morgan fingerprint density at radius 2 is 1.43 bits per heavy atom. The van der Waals surface area contributed by atoms with Gasteiger partial charge in [0.25, 0.3) is 0 Å². The van der Waals surface area contributed by atoms with Crippen molar-refractivity contribution in [1.82, 2.24) is 4.31 Å². The lowest BCUT2D eigenvalue weighted by Gasteiger charge is -2.35. The molecule has 2 aromatic carbocycles. The van der Waals surface area contributed by atoms with E-state index in [-0.39, 0.29) is 0 Å². The second-order valence-corrected chi connectivity index (χ2v) is 8.50. The molecule has 0 spiro atoms. The second kappa shape index (κ2) is 5.77. The summed E-state index contributed by atoms with van der Waals surface area (Å²) in [6.45, 7) is 6.61. The minimum absolute atomic E-state index is 0.378. The second-order valence-electron chi connectivity index (χ2n) is 6.63. The molecule has 3 nitrogen and oxygen atoms in total. The maximum Gasteiger partial charge on any atom is 0.243 e. The van der Waals surface area contributed by atoms with Crippen molar-refractivity contribution >= 4 is 10.0 Å². The smallest absolute Gasteiger partial charge is 0.207 e. The molecule has 122 valence electrons. The fourth-order valence-electron chi connectivity index (χ4n) is 3.36. The first-order chi connectivity index (χ1) is 10.8. The zero-order valence-corrected chi connectivity index (χ0v) is 14.7. The molecule has 0 bridgehead atoms. The molecule has 0 N–H and O–H groups in total. The van der Waals surface area contributed by atoms with Crippen molar-refractivity contribution in [3.63, 3.8) is 0 Å². The molecule has 1 saturated heterocycles. The molecular weight excluding hydrogens is 306 g/mol. The summed E-state index contributed by atoms with van der Waals surface area (Å²) in [6, 6.07) is 15.3. The van der Waals surface area contributed by atoms with Gasteiger partial charge < -0.3 is 0 Å². The van der Waals surface area contributed by atoms with Gasteiger partial charge >= 0.3 is 0 Å². The predicted molar refractivity (Wildman–Crippen MR) is 92.8 cm³/mol. The van der Waals surface area contributed by atoms with Crippen molar-refractivity contribution in [1.29, 1.82) is 0 Å². The molecule has 4 heteroatoms. The largest absolute Gasteiger partial charge is 0.243 e. The molecule has 1 heterocycles. The number of nitrogens with zero attached hydrogens (tertiary/aromatic N) is 1. The van der Waals surface area contributed by atoms with E-state index in [2.05, 4.69) is 24.3 Å². The molecule has 1 fully saturated rings. The van der Waals surface area contributed by atoms with Gasteiger partial charge in [0, 0.05) is 6.54 Å². The van der Waals surface area contributed by atoms with Crippen molar-refractivity contribution in [2.75, 3.05) is 6.54 Å². The minimum Gasteiger partial charge on any atom is -0.207 e. The van der Waals surface area contributed by atoms with E-state index in [0.29, 0.717) is 11.4 Å². The normalized spacial score (nSPS) is 22.4. The van der Waals surface area contributed by atoms with Gasteiger partial charge in [-0.3, -0.25) is 0 Å². The molecule has 0 saturated carbocycles. The van der Waals surface area contributed by atoms with E-state index in [9.17, 15) is 8.42 Å². The predicted octanol–water partition coefficient (Wildman–Crippen LogP) is 4.00. The highest BCUT2D eigenvalue weighted by Crippen LogP contribution is 2.42. The van der Waals surface area contributed by atoms with Gasteiger partial charge in [-0.2, -0.15) is 4.31 Å². The van der Waals surface area contributed by atoms with Crippen LogP contribution in [-0.2, 0) is 15.6 Å². The van der Waals surface area contributed by atoms with Gasteiger partial charge in [0.2, 0.25) is 10.0 Å². The number of benzene rings is 2. The van der Waals surface area contributed by atoms with Gasteiger partial charge in [-0.25, -0.2) is 8.42 Å². The van der Waals surface area contributed by atoms with Gasteiger partial charge in [0.1, 0.15) is 0 Å². The van der Waals surface area contributed by atoms with Crippen LogP contribution in [0.25, 0.3) is 0 Å². The molecular formula is C19H23NO2S. The van der Waals surface area contributed by atoms with Gasteiger partial charge in [-0.1, -0.05) is 47.5 Å². The van der Waals surface area contributed by atoms with Crippen LogP contribution in [-0.4, -0.2) is 19.3 Å². The zero-order valence-electron chi connectivity index (χ0n) is 13.9. The summed E-state index contributed by atoms with van der Waals surface area (Å²) in [5.74, 6) is 0. The Morgan fingerprint density at radius 3 is 2.00 bits per heavy atom. The lowest BCUT2D eigenvalue weighted by molar-refractivity contribution is 0.270. The first-order valence-electron chi connectivity index (χ1n) is 8.01. The van der Waals surface area contributed by atoms with Crippen LogP contribution < -0.4 is 0 Å². The quantitative estimate of drug-likeness (QED) is 0.853. The van der Waals surface area contributed by atoms with Crippen molar-refractivity contribution < 1.29 is 8.42 Å². The maximum atomic E-state index is 13.1. The molecule has 23 heavy (non-hydrogen) atoms. The Labute approximate surface area is 139 Å². The Morgan fingerprint density at radius 1 is 0.913 bits per heavy atom. The molecule has 1 aliphatic rings. The van der Waals surface area contributed by atoms with Crippen molar-refractivity contribution in [2.45, 2.75) is 44.0 Å². The number of hydrogen-bond donors (Lipinski definition) is 0. The van der Waals surface area contributed by atoms with Crippen LogP contribution >= 0.6 is 0 Å². The highest BCUT2D eigenvalue weighted by Gasteiger charge is 2.45. The average molecular weight is 329 g/mol. The number of hydrogen-bond acceptors (Lipinski definition) is 2. The molecule has 0 amide bonds. The van der Waals surface area contributed by atoms with Crippen LogP contribution in [0.5, 0.6) is 0 Å². The topological polar surface area (TPSA) is 37.4 Å². The lowest BCUT2D eigenvalue weighted by atomic mass is 9.90. The first-order valence-corrected chi connectivity index (χ1v) is 9.45. The Bertz CT molecular complexity index is 794. The average Bonchev–Trinajstić information content (AvgIpc) is 2.92. The molecule has 1 atom stereocenters. The molecule has 0 radical (unpaired) electrons. The molecule has 1 unspecified atom stereocenters. The molecule has 3 rings (SSSR count). The molecule has 0 aliphatic carbocycles. The molecule has 1 aliphatic heterocycles. The van der Waals surface area contributed by atoms with Crippen LogP contribution in [0, 0.1) is 13.8 Å². The van der Waals surface area contributed by atoms with Crippen molar-refractivity contribution in [2.24, 2.45) is 0 Å². The third kappa shape index (κ3) is 2.81. The van der Waals surface area contributed by atoms with Crippen LogP contribution in [0.3, 0.4) is 0 Å². The first kappa shape index (κ1) is 16.2. The summed E-state index contributed by atoms with van der Waals surface area (Å²) in [6.07, 6.45) is 1.73. The van der Waals surface area contributed by atoms with E-state index in [1.807, 2.05) is 32.9 Å². The summed E-state index contributed by atoms with van der Waals surface area (Å²) in [4.78, 5) is 0.378. The van der Waals surface area contributed by atoms with E-state index in [0.717, 1.165) is 24.0 Å². The fraction of sp³-hybridized carbons (Fsp3) is 0.368. The van der Waals surface area contributed by atoms with Gasteiger partial charge in [-0.05, 0) is 51.3 Å². The monoisotopic (exact) mass is 329 g/mol. The summed E-state index contributed by atoms with van der Waals surface area (Å²) in [5.41, 5.74) is 2.84. The summed E-state index contributed by atoms with van der Waals surface area (Å²) < 4.78 is 27.9. The number of rotatable bonds is 3. The standard InChI is InChI=1S/C19H23NO2S/c1-15-5-9-17(10-6-15)19(3)13-4-14-20(19)23(21,22)18-11-7-16(2)8-12-18/h5-12H,4,13-14H2,1-3H3. The SMILES string of the molecule is Cc1ccc(C2(C)CCCN2S(=O)(=O)c2ccc(C)cc2)cc1. The Hall–Kier alpha value is -1.65. The zero-order chi connectivity index (χ0) is 16.7. The van der Waals surface area contributed by atoms with E-state index >= 15 is 0 Å². The Balaban J connectivity index is 2.03. The van der Waals surface area contributed by atoms with E-state index in [4.69, 9.17) is 0 Å². The third-order valence-corrected chi connectivity index (χ3v) is 6.89. The van der Waals surface area contributed by atoms with Crippen molar-refractivity contribution in [3.05, 3.63) is 65.2 Å². The highest BCUT2D eigenvalue weighted by molar-refractivity contribution is 7.89. The fourth-order valence-corrected chi connectivity index (χ4v) is 5.19. The summed E-state index contributed by atoms with van der Waals surface area (Å²) in [7, 11) is -3.49. The van der Waals surface area contributed by atoms with Crippen LogP contribution in [0.4, 0.5) is 0 Å². The lowest BCUT2D eigenvalue weighted by Crippen LogP contribution is -2.42. The third-order valence-electron chi connectivity index (χ3n) is 4.86. The maximum absolute atomic E-state index is 13.1. The number of aryl methyl sites for hydroxylation is 2. The highest BCUT2D eigenvalue weighted by atomic mass is 32.2. The summed E-state index contributed by atoms with van der Waals surface area (Å²) >= 11 is 0. The van der Waals surface area contributed by atoms with Crippen molar-refractivity contribution in [3.8, 4) is 0 Å². The van der Waals surface area contributed by atoms with Gasteiger partial charge in [-0.15, -0.1) is 0 Å². The molecule has 0 aromatic heterocycles. The van der Waals surface area contributed by atoms with Crippen LogP contribution in [0.1, 0.15) is 36.5 Å². The summed E-state index contributed by atoms with van der Waals surface area (Å²) in [5, 5.41) is 0. The Kier molecular flexibility index (Phi) is 4.07. The van der Waals surface area contributed by atoms with E-state index in [1.165, 1.54) is 5.56 Å². The van der Waals surface area contributed by atoms with Crippen LogP contribution in [0.15, 0.2) is 53.4 Å². The van der Waals surface area contributed by atoms with Gasteiger partial charge in [0.05, 0.1) is 10.4 Å². The van der Waals surface area contributed by atoms with E-state index in [1.54, 1.807) is 16.4 Å². The molecule has 2 aromatic rings. The minimum atomic E-state index is -3.49. The van der Waals surface area contributed by atoms with Crippen LogP contribution in [0.2, 0.25) is 0 Å². The number of sulfonamides is 1. The van der Waals surface area contributed by atoms with E-state index < -0.39 is 15.6 Å².